The Morgan fingerprint density at radius 3 is 2.50 bits per heavy atom. The van der Waals surface area contributed by atoms with Crippen LogP contribution in [0.1, 0.15) is 0 Å². The second-order valence-corrected chi connectivity index (χ2v) is 4.90. The van der Waals surface area contributed by atoms with E-state index in [1.165, 1.54) is 6.20 Å². The fourth-order valence-electron chi connectivity index (χ4n) is 1.42. The third-order valence-corrected chi connectivity index (χ3v) is 3.20. The van der Waals surface area contributed by atoms with Gasteiger partial charge in [-0.1, -0.05) is 40.9 Å². The molecule has 104 valence electrons. The highest BCUT2D eigenvalue weighted by Crippen LogP contribution is 2.32. The minimum absolute atomic E-state index is 0.205. The minimum atomic E-state index is -0.393. The molecule has 7 heteroatoms. The molecule has 0 aliphatic carbocycles. The number of anilines is 1. The van der Waals surface area contributed by atoms with Crippen LogP contribution in [0.2, 0.25) is 15.2 Å². The Hall–Kier alpha value is -1.49. The summed E-state index contributed by atoms with van der Waals surface area (Å²) in [6.07, 6.45) is 1.53. The first-order valence-corrected chi connectivity index (χ1v) is 6.68. The van der Waals surface area contributed by atoms with Gasteiger partial charge in [0.15, 0.2) is 17.5 Å². The summed E-state index contributed by atoms with van der Waals surface area (Å²) in [5.41, 5.74) is 0.410. The summed E-state index contributed by atoms with van der Waals surface area (Å²) < 4.78 is 5.30. The number of para-hydroxylation sites is 1. The van der Waals surface area contributed by atoms with E-state index in [0.29, 0.717) is 15.7 Å². The first kappa shape index (κ1) is 14.9. The topological polar surface area (TPSA) is 51.2 Å². The molecule has 20 heavy (non-hydrogen) atoms. The van der Waals surface area contributed by atoms with E-state index in [4.69, 9.17) is 39.5 Å². The van der Waals surface area contributed by atoms with Crippen LogP contribution in [0.15, 0.2) is 36.5 Å². The molecular formula is C13H9Cl3N2O2. The first-order valence-electron chi connectivity index (χ1n) is 5.55. The van der Waals surface area contributed by atoms with Crippen molar-refractivity contribution >= 4 is 46.4 Å². The van der Waals surface area contributed by atoms with Gasteiger partial charge < -0.3 is 10.1 Å². The van der Waals surface area contributed by atoms with Crippen LogP contribution in [0.25, 0.3) is 0 Å². The van der Waals surface area contributed by atoms with Gasteiger partial charge in [-0.25, -0.2) is 4.98 Å². The number of aromatic nitrogens is 1. The summed E-state index contributed by atoms with van der Waals surface area (Å²) in [6, 6.07) is 8.23. The predicted octanol–water partition coefficient (Wildman–Crippen LogP) is 4.06. The zero-order valence-corrected chi connectivity index (χ0v) is 12.3. The zero-order valence-electron chi connectivity index (χ0n) is 10.1. The Labute approximate surface area is 130 Å². The number of carbonyl (C=O) groups excluding carboxylic acids is 1. The first-order chi connectivity index (χ1) is 9.58. The van der Waals surface area contributed by atoms with Gasteiger partial charge in [0.05, 0.1) is 15.7 Å². The molecule has 2 aromatic rings. The summed E-state index contributed by atoms with van der Waals surface area (Å²) in [5.74, 6) is -0.126. The van der Waals surface area contributed by atoms with E-state index in [1.54, 1.807) is 30.3 Å². The number of rotatable bonds is 4. The molecule has 0 saturated heterocycles. The molecule has 0 saturated carbocycles. The lowest BCUT2D eigenvalue weighted by molar-refractivity contribution is -0.118. The van der Waals surface area contributed by atoms with Crippen LogP contribution in [0.3, 0.4) is 0 Å². The zero-order chi connectivity index (χ0) is 14.5. The maximum Gasteiger partial charge on any atom is 0.262 e. The number of carbonyl (C=O) groups is 1. The Morgan fingerprint density at radius 1 is 1.15 bits per heavy atom. The maximum atomic E-state index is 11.8. The second-order valence-electron chi connectivity index (χ2n) is 3.73. The number of ether oxygens (including phenoxy) is 1. The van der Waals surface area contributed by atoms with Crippen LogP contribution in [0.5, 0.6) is 5.75 Å². The lowest BCUT2D eigenvalue weighted by atomic mass is 10.3. The largest absolute Gasteiger partial charge is 0.481 e. The number of pyridine rings is 1. The molecule has 4 nitrogen and oxygen atoms in total. The molecule has 1 aromatic carbocycles. The molecule has 1 aromatic heterocycles. The lowest BCUT2D eigenvalue weighted by Gasteiger charge is -2.10. The number of amides is 1. The van der Waals surface area contributed by atoms with Crippen LogP contribution in [-0.4, -0.2) is 17.5 Å². The van der Waals surface area contributed by atoms with E-state index < -0.39 is 5.91 Å². The molecule has 0 unspecified atom stereocenters. The van der Waals surface area contributed by atoms with Crippen molar-refractivity contribution in [2.75, 3.05) is 11.9 Å². The number of nitrogens with one attached hydrogen (secondary N) is 1. The quantitative estimate of drug-likeness (QED) is 0.860. The van der Waals surface area contributed by atoms with Crippen molar-refractivity contribution in [2.24, 2.45) is 0 Å². The number of hydrogen-bond donors (Lipinski definition) is 1. The molecule has 1 N–H and O–H groups in total. The Kier molecular flexibility index (Phi) is 5.06. The third-order valence-electron chi connectivity index (χ3n) is 2.30. The average molecular weight is 332 g/mol. The lowest BCUT2D eigenvalue weighted by Crippen LogP contribution is -2.20. The molecule has 0 radical (unpaired) electrons. The van der Waals surface area contributed by atoms with Crippen LogP contribution < -0.4 is 10.1 Å². The van der Waals surface area contributed by atoms with Gasteiger partial charge in [-0.3, -0.25) is 4.79 Å². The van der Waals surface area contributed by atoms with Gasteiger partial charge >= 0.3 is 0 Å². The van der Waals surface area contributed by atoms with Crippen molar-refractivity contribution in [3.8, 4) is 5.75 Å². The summed E-state index contributed by atoms with van der Waals surface area (Å²) in [7, 11) is 0. The highest BCUT2D eigenvalue weighted by molar-refractivity contribution is 6.37. The van der Waals surface area contributed by atoms with Crippen molar-refractivity contribution in [3.63, 3.8) is 0 Å². The van der Waals surface area contributed by atoms with E-state index in [2.05, 4.69) is 10.3 Å². The van der Waals surface area contributed by atoms with Crippen molar-refractivity contribution in [2.45, 2.75) is 0 Å². The standard InChI is InChI=1S/C13H9Cl3N2O2/c14-8-3-1-4-9(15)12(8)20-7-11(19)18-10-5-2-6-17-13(10)16/h1-6H,7H2,(H,18,19). The summed E-state index contributed by atoms with van der Waals surface area (Å²) in [5, 5.41) is 3.46. The van der Waals surface area contributed by atoms with E-state index in [0.717, 1.165) is 0 Å². The highest BCUT2D eigenvalue weighted by atomic mass is 35.5. The van der Waals surface area contributed by atoms with Crippen LogP contribution in [0.4, 0.5) is 5.69 Å². The Bertz CT molecular complexity index is 615. The number of halogens is 3. The SMILES string of the molecule is O=C(COc1c(Cl)cccc1Cl)Nc1cccnc1Cl. The molecule has 0 spiro atoms. The van der Waals surface area contributed by atoms with Gasteiger partial charge in [0.1, 0.15) is 0 Å². The normalized spacial score (nSPS) is 10.2. The van der Waals surface area contributed by atoms with Crippen LogP contribution >= 0.6 is 34.8 Å². The molecule has 0 atom stereocenters. The molecule has 0 bridgehead atoms. The van der Waals surface area contributed by atoms with E-state index in [9.17, 15) is 4.79 Å². The third kappa shape index (κ3) is 3.76. The molecule has 0 aliphatic heterocycles. The number of hydrogen-bond acceptors (Lipinski definition) is 3. The van der Waals surface area contributed by atoms with Crippen molar-refractivity contribution in [1.82, 2.24) is 4.98 Å². The van der Waals surface area contributed by atoms with Crippen LogP contribution in [0, 0.1) is 0 Å². The van der Waals surface area contributed by atoms with Gasteiger partial charge in [-0.2, -0.15) is 0 Å². The van der Waals surface area contributed by atoms with Crippen molar-refractivity contribution in [3.05, 3.63) is 51.7 Å². The summed E-state index contributed by atoms with van der Waals surface area (Å²) >= 11 is 17.7. The second kappa shape index (κ2) is 6.79. The number of benzene rings is 1. The molecule has 1 amide bonds. The van der Waals surface area contributed by atoms with Crippen molar-refractivity contribution < 1.29 is 9.53 Å². The van der Waals surface area contributed by atoms with E-state index in [1.807, 2.05) is 0 Å². The van der Waals surface area contributed by atoms with E-state index >= 15 is 0 Å². The molecular weight excluding hydrogens is 323 g/mol. The number of nitrogens with zero attached hydrogens (tertiary/aromatic N) is 1. The predicted molar refractivity (Wildman–Crippen MR) is 79.8 cm³/mol. The average Bonchev–Trinajstić information content (AvgIpc) is 2.41. The Morgan fingerprint density at radius 2 is 1.85 bits per heavy atom. The van der Waals surface area contributed by atoms with E-state index in [-0.39, 0.29) is 17.5 Å². The monoisotopic (exact) mass is 330 g/mol. The van der Waals surface area contributed by atoms with Gasteiger partial charge in [-0.15, -0.1) is 0 Å². The Balaban J connectivity index is 1.98. The van der Waals surface area contributed by atoms with Crippen LogP contribution in [-0.2, 0) is 4.79 Å². The summed E-state index contributed by atoms with van der Waals surface area (Å²) in [4.78, 5) is 15.6. The molecule has 0 aliphatic rings. The molecule has 1 heterocycles. The summed E-state index contributed by atoms with van der Waals surface area (Å²) in [6.45, 7) is -0.241. The minimum Gasteiger partial charge on any atom is -0.481 e. The maximum absolute atomic E-state index is 11.8. The van der Waals surface area contributed by atoms with Gasteiger partial charge in [0.25, 0.3) is 5.91 Å². The highest BCUT2D eigenvalue weighted by Gasteiger charge is 2.11. The molecule has 0 fully saturated rings. The van der Waals surface area contributed by atoms with Gasteiger partial charge in [0.2, 0.25) is 0 Å². The smallest absolute Gasteiger partial charge is 0.262 e. The van der Waals surface area contributed by atoms with Gasteiger partial charge in [-0.05, 0) is 24.3 Å². The fourth-order valence-corrected chi connectivity index (χ4v) is 2.10. The van der Waals surface area contributed by atoms with Gasteiger partial charge in [0, 0.05) is 6.20 Å². The van der Waals surface area contributed by atoms with Crippen molar-refractivity contribution in [1.29, 1.82) is 0 Å². The fraction of sp³-hybridized carbons (Fsp3) is 0.0769. The molecule has 2 rings (SSSR count).